The molecule has 0 amide bonds. The highest BCUT2D eigenvalue weighted by atomic mass is 79.9. The van der Waals surface area contributed by atoms with Gasteiger partial charge in [0.2, 0.25) is 0 Å². The SMILES string of the molecule is CCn1nc(Br)c2cccc(C(F)(F)F)c21. The lowest BCUT2D eigenvalue weighted by molar-refractivity contribution is -0.136. The topological polar surface area (TPSA) is 17.8 Å². The van der Waals surface area contributed by atoms with Gasteiger partial charge in [-0.15, -0.1) is 0 Å². The second-order valence-corrected chi connectivity index (χ2v) is 4.06. The van der Waals surface area contributed by atoms with Gasteiger partial charge in [0.15, 0.2) is 0 Å². The molecule has 0 radical (unpaired) electrons. The number of nitrogens with zero attached hydrogens (tertiary/aromatic N) is 2. The smallest absolute Gasteiger partial charge is 0.263 e. The van der Waals surface area contributed by atoms with Gasteiger partial charge in [-0.25, -0.2) is 0 Å². The average Bonchev–Trinajstić information content (AvgIpc) is 2.54. The normalized spacial score (nSPS) is 12.3. The Kier molecular flexibility index (Phi) is 2.69. The van der Waals surface area contributed by atoms with Crippen LogP contribution in [0.25, 0.3) is 10.9 Å². The van der Waals surface area contributed by atoms with E-state index in [-0.39, 0.29) is 5.52 Å². The first-order valence-corrected chi connectivity index (χ1v) is 5.46. The number of halogens is 4. The largest absolute Gasteiger partial charge is 0.418 e. The lowest BCUT2D eigenvalue weighted by Crippen LogP contribution is -2.08. The number of benzene rings is 1. The van der Waals surface area contributed by atoms with E-state index in [1.165, 1.54) is 10.7 Å². The Labute approximate surface area is 98.2 Å². The zero-order valence-electron chi connectivity index (χ0n) is 8.35. The van der Waals surface area contributed by atoms with Gasteiger partial charge >= 0.3 is 6.18 Å². The number of aryl methyl sites for hydroxylation is 1. The molecule has 2 rings (SSSR count). The number of hydrogen-bond donors (Lipinski definition) is 0. The first-order chi connectivity index (χ1) is 7.45. The van der Waals surface area contributed by atoms with Crippen LogP contribution in [0.15, 0.2) is 22.8 Å². The lowest BCUT2D eigenvalue weighted by Gasteiger charge is -2.09. The third-order valence-electron chi connectivity index (χ3n) is 2.33. The molecular formula is C10H8BrF3N2. The van der Waals surface area contributed by atoms with Crippen molar-refractivity contribution >= 4 is 26.8 Å². The molecule has 2 aromatic rings. The Bertz CT molecular complexity index is 531. The van der Waals surface area contributed by atoms with Crippen LogP contribution < -0.4 is 0 Å². The Balaban J connectivity index is 2.85. The highest BCUT2D eigenvalue weighted by molar-refractivity contribution is 9.10. The summed E-state index contributed by atoms with van der Waals surface area (Å²) in [6.45, 7) is 2.15. The van der Waals surface area contributed by atoms with Gasteiger partial charge in [-0.2, -0.15) is 18.3 Å². The first kappa shape index (κ1) is 11.4. The van der Waals surface area contributed by atoms with Crippen LogP contribution in [0, 0.1) is 0 Å². The van der Waals surface area contributed by atoms with Crippen molar-refractivity contribution in [3.05, 3.63) is 28.4 Å². The van der Waals surface area contributed by atoms with Crippen LogP contribution in [0.1, 0.15) is 12.5 Å². The molecule has 0 aliphatic rings. The molecule has 0 aliphatic heterocycles. The van der Waals surface area contributed by atoms with Crippen molar-refractivity contribution in [2.24, 2.45) is 0 Å². The van der Waals surface area contributed by atoms with Crippen LogP contribution in [0.5, 0.6) is 0 Å². The van der Waals surface area contributed by atoms with E-state index >= 15 is 0 Å². The molecule has 0 unspecified atom stereocenters. The Morgan fingerprint density at radius 1 is 1.38 bits per heavy atom. The fraction of sp³-hybridized carbons (Fsp3) is 0.300. The minimum absolute atomic E-state index is 0.129. The number of para-hydroxylation sites is 1. The standard InChI is InChI=1S/C10H8BrF3N2/c1-2-16-8-6(9(11)15-16)4-3-5-7(8)10(12,13)14/h3-5H,2H2,1H3. The monoisotopic (exact) mass is 292 g/mol. The van der Waals surface area contributed by atoms with Crippen LogP contribution in [0.2, 0.25) is 0 Å². The summed E-state index contributed by atoms with van der Waals surface area (Å²) in [5.74, 6) is 0. The molecule has 86 valence electrons. The van der Waals surface area contributed by atoms with Crippen molar-refractivity contribution < 1.29 is 13.2 Å². The second kappa shape index (κ2) is 3.76. The molecule has 2 nitrogen and oxygen atoms in total. The highest BCUT2D eigenvalue weighted by Gasteiger charge is 2.34. The van der Waals surface area contributed by atoms with Gasteiger partial charge in [-0.05, 0) is 35.0 Å². The fourth-order valence-electron chi connectivity index (χ4n) is 1.66. The van der Waals surface area contributed by atoms with E-state index in [1.54, 1.807) is 13.0 Å². The quantitative estimate of drug-likeness (QED) is 0.781. The number of hydrogen-bond acceptors (Lipinski definition) is 1. The molecule has 1 aromatic heterocycles. The predicted octanol–water partition coefficient (Wildman–Crippen LogP) is 3.84. The summed E-state index contributed by atoms with van der Waals surface area (Å²) in [5.41, 5.74) is -0.519. The minimum Gasteiger partial charge on any atom is -0.263 e. The third-order valence-corrected chi connectivity index (χ3v) is 2.92. The molecule has 0 N–H and O–H groups in total. The van der Waals surface area contributed by atoms with Crippen molar-refractivity contribution in [1.82, 2.24) is 9.78 Å². The van der Waals surface area contributed by atoms with E-state index in [4.69, 9.17) is 0 Å². The maximum absolute atomic E-state index is 12.8. The molecule has 0 spiro atoms. The van der Waals surface area contributed by atoms with Gasteiger partial charge in [0.1, 0.15) is 4.60 Å². The molecule has 0 atom stereocenters. The molecule has 0 bridgehead atoms. The van der Waals surface area contributed by atoms with Crippen molar-refractivity contribution in [1.29, 1.82) is 0 Å². The molecule has 16 heavy (non-hydrogen) atoms. The van der Waals surface area contributed by atoms with Crippen molar-refractivity contribution in [3.8, 4) is 0 Å². The van der Waals surface area contributed by atoms with E-state index in [0.29, 0.717) is 16.5 Å². The Morgan fingerprint density at radius 3 is 2.62 bits per heavy atom. The van der Waals surface area contributed by atoms with E-state index in [0.717, 1.165) is 6.07 Å². The molecular weight excluding hydrogens is 285 g/mol. The second-order valence-electron chi connectivity index (χ2n) is 3.31. The van der Waals surface area contributed by atoms with Crippen LogP contribution in [-0.2, 0) is 12.7 Å². The molecule has 6 heteroatoms. The van der Waals surface area contributed by atoms with Crippen molar-refractivity contribution in [2.45, 2.75) is 19.6 Å². The van der Waals surface area contributed by atoms with E-state index in [2.05, 4.69) is 21.0 Å². The minimum atomic E-state index is -4.36. The van der Waals surface area contributed by atoms with Gasteiger partial charge in [0.05, 0.1) is 11.1 Å². The fourth-order valence-corrected chi connectivity index (χ4v) is 2.17. The molecule has 0 fully saturated rings. The van der Waals surface area contributed by atoms with Crippen molar-refractivity contribution in [2.75, 3.05) is 0 Å². The molecule has 0 saturated heterocycles. The summed E-state index contributed by atoms with van der Waals surface area (Å²) in [6.07, 6.45) is -4.36. The lowest BCUT2D eigenvalue weighted by atomic mass is 10.1. The summed E-state index contributed by atoms with van der Waals surface area (Å²) in [7, 11) is 0. The predicted molar refractivity (Wildman–Crippen MR) is 58.1 cm³/mol. The van der Waals surface area contributed by atoms with E-state index in [9.17, 15) is 13.2 Å². The summed E-state index contributed by atoms with van der Waals surface area (Å²) in [6, 6.07) is 4.08. The molecule has 0 aliphatic carbocycles. The molecule has 1 aromatic carbocycles. The summed E-state index contributed by atoms with van der Waals surface area (Å²) in [5, 5.41) is 4.50. The van der Waals surface area contributed by atoms with Crippen LogP contribution >= 0.6 is 15.9 Å². The summed E-state index contributed by atoms with van der Waals surface area (Å²) >= 11 is 3.16. The number of alkyl halides is 3. The first-order valence-electron chi connectivity index (χ1n) is 4.67. The Morgan fingerprint density at radius 2 is 2.06 bits per heavy atom. The zero-order chi connectivity index (χ0) is 11.9. The van der Waals surface area contributed by atoms with E-state index in [1.807, 2.05) is 0 Å². The van der Waals surface area contributed by atoms with Gasteiger partial charge < -0.3 is 0 Å². The van der Waals surface area contributed by atoms with Crippen molar-refractivity contribution in [3.63, 3.8) is 0 Å². The zero-order valence-corrected chi connectivity index (χ0v) is 9.93. The molecule has 0 saturated carbocycles. The number of rotatable bonds is 1. The van der Waals surface area contributed by atoms with Crippen LogP contribution in [0.3, 0.4) is 0 Å². The third kappa shape index (κ3) is 1.71. The van der Waals surface area contributed by atoms with Gasteiger partial charge in [-0.1, -0.05) is 6.07 Å². The van der Waals surface area contributed by atoms with Gasteiger partial charge in [-0.3, -0.25) is 4.68 Å². The highest BCUT2D eigenvalue weighted by Crippen LogP contribution is 2.36. The maximum atomic E-state index is 12.8. The van der Waals surface area contributed by atoms with Gasteiger partial charge in [0, 0.05) is 11.9 Å². The number of aromatic nitrogens is 2. The van der Waals surface area contributed by atoms with Crippen LogP contribution in [0.4, 0.5) is 13.2 Å². The maximum Gasteiger partial charge on any atom is 0.418 e. The molecule has 1 heterocycles. The average molecular weight is 293 g/mol. The summed E-state index contributed by atoms with van der Waals surface area (Å²) < 4.78 is 40.2. The summed E-state index contributed by atoms with van der Waals surface area (Å²) in [4.78, 5) is 0. The number of fused-ring (bicyclic) bond motifs is 1. The van der Waals surface area contributed by atoms with E-state index < -0.39 is 11.7 Å². The Hall–Kier alpha value is -1.04. The van der Waals surface area contributed by atoms with Crippen LogP contribution in [-0.4, -0.2) is 9.78 Å². The van der Waals surface area contributed by atoms with Gasteiger partial charge in [0.25, 0.3) is 0 Å².